The average Bonchev–Trinajstić information content (AvgIpc) is 2.85. The molecule has 2 rings (SSSR count). The predicted octanol–water partition coefficient (Wildman–Crippen LogP) is 2.56. The van der Waals surface area contributed by atoms with Gasteiger partial charge in [0.05, 0.1) is 10.5 Å². The van der Waals surface area contributed by atoms with Crippen LogP contribution in [0.5, 0.6) is 0 Å². The molecule has 1 aromatic heterocycles. The normalized spacial score (nSPS) is 11.2. The highest BCUT2D eigenvalue weighted by Crippen LogP contribution is 2.23. The lowest BCUT2D eigenvalue weighted by Crippen LogP contribution is -2.41. The lowest BCUT2D eigenvalue weighted by atomic mass is 9.94. The van der Waals surface area contributed by atoms with Crippen LogP contribution in [0.4, 0.5) is 5.69 Å². The van der Waals surface area contributed by atoms with Crippen LogP contribution >= 0.6 is 0 Å². The maximum atomic E-state index is 12.1. The van der Waals surface area contributed by atoms with Crippen LogP contribution in [0.3, 0.4) is 0 Å². The number of non-ortho nitro benzene ring substituents is 1. The van der Waals surface area contributed by atoms with E-state index in [0.717, 1.165) is 5.56 Å². The highest BCUT2D eigenvalue weighted by atomic mass is 16.6. The number of hydrogen-bond donors (Lipinski definition) is 1. The highest BCUT2D eigenvalue weighted by molar-refractivity contribution is 5.92. The third kappa shape index (κ3) is 3.25. The van der Waals surface area contributed by atoms with Gasteiger partial charge in [-0.2, -0.15) is 0 Å². The van der Waals surface area contributed by atoms with E-state index in [1.54, 1.807) is 39.0 Å². The second kappa shape index (κ2) is 5.35. The smallest absolute Gasteiger partial charge is 0.274 e. The zero-order chi connectivity index (χ0) is 15.6. The lowest BCUT2D eigenvalue weighted by Gasteiger charge is -2.26. The first kappa shape index (κ1) is 14.7. The molecular formula is C14H15N3O4. The van der Waals surface area contributed by atoms with E-state index in [1.807, 2.05) is 0 Å². The van der Waals surface area contributed by atoms with Gasteiger partial charge in [0, 0.05) is 18.2 Å². The number of rotatable bonds is 4. The van der Waals surface area contributed by atoms with Crippen LogP contribution < -0.4 is 5.32 Å². The quantitative estimate of drug-likeness (QED) is 0.689. The summed E-state index contributed by atoms with van der Waals surface area (Å²) in [5, 5.41) is 17.1. The summed E-state index contributed by atoms with van der Waals surface area (Å²) in [5.41, 5.74) is 0.260. The number of nitro benzene ring substituents is 1. The molecule has 1 N–H and O–H groups in total. The molecule has 21 heavy (non-hydrogen) atoms. The minimum atomic E-state index is -0.695. The van der Waals surface area contributed by atoms with Gasteiger partial charge in [-0.25, -0.2) is 0 Å². The van der Waals surface area contributed by atoms with Gasteiger partial charge in [0.1, 0.15) is 5.76 Å². The first-order valence-corrected chi connectivity index (χ1v) is 6.30. The summed E-state index contributed by atoms with van der Waals surface area (Å²) < 4.78 is 4.86. The van der Waals surface area contributed by atoms with Crippen molar-refractivity contribution in [2.45, 2.75) is 26.3 Å². The first-order valence-electron chi connectivity index (χ1n) is 6.30. The zero-order valence-electron chi connectivity index (χ0n) is 11.9. The van der Waals surface area contributed by atoms with Crippen LogP contribution in [0.25, 0.3) is 0 Å². The number of nitrogens with one attached hydrogen (secondary N) is 1. The molecule has 1 amide bonds. The highest BCUT2D eigenvalue weighted by Gasteiger charge is 2.25. The summed E-state index contributed by atoms with van der Waals surface area (Å²) in [5.74, 6) is 0.184. The van der Waals surface area contributed by atoms with Crippen LogP contribution in [0.2, 0.25) is 0 Å². The van der Waals surface area contributed by atoms with Gasteiger partial charge in [0.25, 0.3) is 11.6 Å². The third-order valence-corrected chi connectivity index (χ3v) is 3.09. The van der Waals surface area contributed by atoms with E-state index >= 15 is 0 Å². The number of aromatic nitrogens is 1. The Hall–Kier alpha value is -2.70. The van der Waals surface area contributed by atoms with Crippen molar-refractivity contribution in [1.29, 1.82) is 0 Å². The molecule has 7 heteroatoms. The molecule has 0 saturated carbocycles. The van der Waals surface area contributed by atoms with Crippen molar-refractivity contribution >= 4 is 11.6 Å². The monoisotopic (exact) mass is 289 g/mol. The molecular weight excluding hydrogens is 274 g/mol. The second-order valence-corrected chi connectivity index (χ2v) is 5.21. The van der Waals surface area contributed by atoms with Crippen molar-refractivity contribution in [3.05, 3.63) is 57.5 Å². The summed E-state index contributed by atoms with van der Waals surface area (Å²) in [7, 11) is 0. The van der Waals surface area contributed by atoms with E-state index in [9.17, 15) is 14.9 Å². The van der Waals surface area contributed by atoms with Crippen molar-refractivity contribution in [3.63, 3.8) is 0 Å². The Morgan fingerprint density at radius 1 is 1.33 bits per heavy atom. The van der Waals surface area contributed by atoms with Gasteiger partial charge in [0.15, 0.2) is 5.69 Å². The molecule has 0 aliphatic rings. The van der Waals surface area contributed by atoms with Crippen LogP contribution in [0.1, 0.15) is 35.7 Å². The van der Waals surface area contributed by atoms with Crippen molar-refractivity contribution in [1.82, 2.24) is 10.5 Å². The summed E-state index contributed by atoms with van der Waals surface area (Å²) in [4.78, 5) is 22.3. The summed E-state index contributed by atoms with van der Waals surface area (Å²) in [6.07, 6.45) is 0. The average molecular weight is 289 g/mol. The topological polar surface area (TPSA) is 98.3 Å². The van der Waals surface area contributed by atoms with Crippen LogP contribution in [0.15, 0.2) is 34.9 Å². The fourth-order valence-electron chi connectivity index (χ4n) is 1.89. The van der Waals surface area contributed by atoms with Crippen LogP contribution in [-0.2, 0) is 5.54 Å². The number of amides is 1. The number of nitrogens with zero attached hydrogens (tertiary/aromatic N) is 2. The molecule has 110 valence electrons. The Morgan fingerprint density at radius 2 is 1.95 bits per heavy atom. The molecule has 0 bridgehead atoms. The number of hydrogen-bond acceptors (Lipinski definition) is 5. The van der Waals surface area contributed by atoms with Crippen molar-refractivity contribution < 1.29 is 14.2 Å². The van der Waals surface area contributed by atoms with Gasteiger partial charge >= 0.3 is 0 Å². The fraction of sp³-hybridized carbons (Fsp3) is 0.286. The van der Waals surface area contributed by atoms with Gasteiger partial charge in [-0.15, -0.1) is 0 Å². The second-order valence-electron chi connectivity index (χ2n) is 5.21. The summed E-state index contributed by atoms with van der Waals surface area (Å²) in [6, 6.07) is 7.59. The van der Waals surface area contributed by atoms with Crippen LogP contribution in [-0.4, -0.2) is 16.0 Å². The molecule has 0 saturated heterocycles. The Balaban J connectivity index is 2.17. The molecule has 0 radical (unpaired) electrons. The molecule has 0 aliphatic carbocycles. The van der Waals surface area contributed by atoms with E-state index in [0.29, 0.717) is 5.76 Å². The van der Waals surface area contributed by atoms with Gasteiger partial charge in [-0.05, 0) is 38.5 Å². The Labute approximate surface area is 121 Å². The Bertz CT molecular complexity index is 674. The number of carbonyl (C=O) groups is 1. The number of aryl methyl sites for hydroxylation is 1. The Morgan fingerprint density at radius 3 is 2.43 bits per heavy atom. The molecule has 1 aromatic carbocycles. The predicted molar refractivity (Wildman–Crippen MR) is 74.8 cm³/mol. The van der Waals surface area contributed by atoms with E-state index in [-0.39, 0.29) is 17.3 Å². The molecule has 0 atom stereocenters. The van der Waals surface area contributed by atoms with E-state index in [2.05, 4.69) is 10.5 Å². The molecule has 2 aromatic rings. The lowest BCUT2D eigenvalue weighted by molar-refractivity contribution is -0.384. The minimum absolute atomic E-state index is 0.00741. The molecule has 0 unspecified atom stereocenters. The van der Waals surface area contributed by atoms with Gasteiger partial charge in [0.2, 0.25) is 0 Å². The molecule has 0 aliphatic heterocycles. The fourth-order valence-corrected chi connectivity index (χ4v) is 1.89. The van der Waals surface area contributed by atoms with E-state index in [4.69, 9.17) is 4.52 Å². The van der Waals surface area contributed by atoms with Crippen LogP contribution in [0, 0.1) is 17.0 Å². The largest absolute Gasteiger partial charge is 0.361 e. The number of benzene rings is 1. The molecule has 7 nitrogen and oxygen atoms in total. The minimum Gasteiger partial charge on any atom is -0.361 e. The van der Waals surface area contributed by atoms with Crippen molar-refractivity contribution in [2.75, 3.05) is 0 Å². The number of nitro groups is 1. The SMILES string of the molecule is Cc1cc(C(=O)NC(C)(C)c2ccc([N+](=O)[O-])cc2)no1. The number of carbonyl (C=O) groups excluding carboxylic acids is 1. The maximum absolute atomic E-state index is 12.1. The van der Waals surface area contributed by atoms with Crippen molar-refractivity contribution in [2.24, 2.45) is 0 Å². The Kier molecular flexibility index (Phi) is 3.75. The van der Waals surface area contributed by atoms with E-state index in [1.165, 1.54) is 12.1 Å². The third-order valence-electron chi connectivity index (χ3n) is 3.09. The molecule has 1 heterocycles. The van der Waals surface area contributed by atoms with Gasteiger partial charge < -0.3 is 9.84 Å². The maximum Gasteiger partial charge on any atom is 0.274 e. The summed E-state index contributed by atoms with van der Waals surface area (Å²) >= 11 is 0. The van der Waals surface area contributed by atoms with Crippen molar-refractivity contribution in [3.8, 4) is 0 Å². The van der Waals surface area contributed by atoms with Gasteiger partial charge in [-0.3, -0.25) is 14.9 Å². The zero-order valence-corrected chi connectivity index (χ0v) is 11.9. The molecule has 0 fully saturated rings. The summed E-state index contributed by atoms with van der Waals surface area (Å²) in [6.45, 7) is 5.31. The van der Waals surface area contributed by atoms with Gasteiger partial charge in [-0.1, -0.05) is 5.16 Å². The standard InChI is InChI=1S/C14H15N3O4/c1-9-8-12(16-21-9)13(18)15-14(2,3)10-4-6-11(7-5-10)17(19)20/h4-8H,1-3H3,(H,15,18). The van der Waals surface area contributed by atoms with E-state index < -0.39 is 10.5 Å². The first-order chi connectivity index (χ1) is 9.79. The molecule has 0 spiro atoms.